The van der Waals surface area contributed by atoms with Gasteiger partial charge in [-0.2, -0.15) is 13.2 Å². The summed E-state index contributed by atoms with van der Waals surface area (Å²) in [5, 5.41) is 11.3. The Labute approximate surface area is 105 Å². The van der Waals surface area contributed by atoms with E-state index in [0.717, 1.165) is 5.56 Å². The van der Waals surface area contributed by atoms with Crippen molar-refractivity contribution in [3.63, 3.8) is 0 Å². The van der Waals surface area contributed by atoms with Crippen molar-refractivity contribution >= 4 is 27.3 Å². The normalized spacial score (nSPS) is 13.5. The predicted octanol–water partition coefficient (Wildman–Crippen LogP) is 2.67. The lowest BCUT2D eigenvalue weighted by Crippen LogP contribution is -2.35. The quantitative estimate of drug-likeness (QED) is 0.752. The van der Waals surface area contributed by atoms with Gasteiger partial charge in [0, 0.05) is 22.4 Å². The first kappa shape index (κ1) is 14.1. The van der Waals surface area contributed by atoms with Crippen LogP contribution >= 0.6 is 15.9 Å². The first-order chi connectivity index (χ1) is 7.71. The molecule has 17 heavy (non-hydrogen) atoms. The van der Waals surface area contributed by atoms with E-state index in [2.05, 4.69) is 21.2 Å². The van der Waals surface area contributed by atoms with E-state index in [4.69, 9.17) is 10.8 Å². The SMILES string of the molecule is Cc1cc(NCC(O)C(F)(F)F)c(Br)cc1N. The number of anilines is 2. The largest absolute Gasteiger partial charge is 0.416 e. The third-order valence-corrected chi connectivity index (χ3v) is 2.88. The van der Waals surface area contributed by atoms with Gasteiger partial charge in [-0.05, 0) is 40.5 Å². The van der Waals surface area contributed by atoms with Crippen LogP contribution in [0.3, 0.4) is 0 Å². The van der Waals surface area contributed by atoms with Crippen molar-refractivity contribution in [2.45, 2.75) is 19.2 Å². The van der Waals surface area contributed by atoms with Gasteiger partial charge in [-0.15, -0.1) is 0 Å². The van der Waals surface area contributed by atoms with Crippen molar-refractivity contribution < 1.29 is 18.3 Å². The third-order valence-electron chi connectivity index (χ3n) is 2.22. The first-order valence-corrected chi connectivity index (χ1v) is 5.55. The molecule has 1 unspecified atom stereocenters. The monoisotopic (exact) mass is 312 g/mol. The van der Waals surface area contributed by atoms with E-state index in [1.54, 1.807) is 19.1 Å². The molecule has 7 heteroatoms. The highest BCUT2D eigenvalue weighted by Crippen LogP contribution is 2.28. The van der Waals surface area contributed by atoms with Crippen LogP contribution in [0, 0.1) is 6.92 Å². The molecule has 1 aromatic rings. The van der Waals surface area contributed by atoms with Gasteiger partial charge >= 0.3 is 6.18 Å². The van der Waals surface area contributed by atoms with E-state index in [0.29, 0.717) is 15.8 Å². The van der Waals surface area contributed by atoms with Crippen molar-refractivity contribution in [3.05, 3.63) is 22.2 Å². The molecular weight excluding hydrogens is 301 g/mol. The van der Waals surface area contributed by atoms with Crippen LogP contribution in [0.5, 0.6) is 0 Å². The van der Waals surface area contributed by atoms with Gasteiger partial charge < -0.3 is 16.2 Å². The van der Waals surface area contributed by atoms with Crippen molar-refractivity contribution in [2.24, 2.45) is 0 Å². The fourth-order valence-electron chi connectivity index (χ4n) is 1.15. The zero-order chi connectivity index (χ0) is 13.2. The molecule has 0 spiro atoms. The fourth-order valence-corrected chi connectivity index (χ4v) is 1.66. The van der Waals surface area contributed by atoms with Crippen molar-refractivity contribution in [3.8, 4) is 0 Å². The number of benzene rings is 1. The summed E-state index contributed by atoms with van der Waals surface area (Å²) in [7, 11) is 0. The highest BCUT2D eigenvalue weighted by molar-refractivity contribution is 9.10. The summed E-state index contributed by atoms with van der Waals surface area (Å²) >= 11 is 3.18. The molecule has 3 nitrogen and oxygen atoms in total. The Kier molecular flexibility index (Phi) is 4.26. The Morgan fingerprint density at radius 1 is 1.47 bits per heavy atom. The minimum Gasteiger partial charge on any atom is -0.398 e. The smallest absolute Gasteiger partial charge is 0.398 e. The van der Waals surface area contributed by atoms with Crippen molar-refractivity contribution in [1.29, 1.82) is 0 Å². The lowest BCUT2D eigenvalue weighted by Gasteiger charge is -2.17. The Balaban J connectivity index is 2.73. The molecular formula is C10H12BrF3N2O. The average Bonchev–Trinajstić information content (AvgIpc) is 2.19. The van der Waals surface area contributed by atoms with E-state index >= 15 is 0 Å². The number of aliphatic hydroxyl groups excluding tert-OH is 1. The van der Waals surface area contributed by atoms with Crippen LogP contribution in [0.1, 0.15) is 5.56 Å². The van der Waals surface area contributed by atoms with Gasteiger partial charge in [-0.3, -0.25) is 0 Å². The molecule has 0 saturated heterocycles. The Morgan fingerprint density at radius 2 is 2.06 bits per heavy atom. The van der Waals surface area contributed by atoms with Gasteiger partial charge in [-0.25, -0.2) is 0 Å². The summed E-state index contributed by atoms with van der Waals surface area (Å²) in [6, 6.07) is 3.21. The van der Waals surface area contributed by atoms with Crippen LogP contribution < -0.4 is 11.1 Å². The molecule has 1 atom stereocenters. The van der Waals surface area contributed by atoms with Gasteiger partial charge in [0.15, 0.2) is 6.10 Å². The summed E-state index contributed by atoms with van der Waals surface area (Å²) in [4.78, 5) is 0. The van der Waals surface area contributed by atoms with Gasteiger partial charge in [0.05, 0.1) is 0 Å². The summed E-state index contributed by atoms with van der Waals surface area (Å²) in [5.74, 6) is 0. The minimum absolute atomic E-state index is 0.458. The van der Waals surface area contributed by atoms with Crippen LogP contribution in [0.4, 0.5) is 24.5 Å². The predicted molar refractivity (Wildman–Crippen MR) is 63.8 cm³/mol. The molecule has 1 rings (SSSR count). The molecule has 96 valence electrons. The van der Waals surface area contributed by atoms with E-state index in [9.17, 15) is 13.2 Å². The Morgan fingerprint density at radius 3 is 2.59 bits per heavy atom. The molecule has 0 heterocycles. The highest BCUT2D eigenvalue weighted by atomic mass is 79.9. The lowest BCUT2D eigenvalue weighted by molar-refractivity contribution is -0.198. The number of aliphatic hydroxyl groups is 1. The molecule has 0 aliphatic carbocycles. The van der Waals surface area contributed by atoms with Gasteiger partial charge in [0.25, 0.3) is 0 Å². The zero-order valence-corrected chi connectivity index (χ0v) is 10.6. The van der Waals surface area contributed by atoms with Gasteiger partial charge in [0.1, 0.15) is 0 Å². The summed E-state index contributed by atoms with van der Waals surface area (Å²) in [5.41, 5.74) is 7.37. The first-order valence-electron chi connectivity index (χ1n) is 4.76. The summed E-state index contributed by atoms with van der Waals surface area (Å²) in [6.07, 6.45) is -7.02. The van der Waals surface area contributed by atoms with E-state index in [1.165, 1.54) is 0 Å². The molecule has 0 aliphatic rings. The average molecular weight is 313 g/mol. The van der Waals surface area contributed by atoms with Crippen LogP contribution in [-0.4, -0.2) is 23.9 Å². The van der Waals surface area contributed by atoms with E-state index in [-0.39, 0.29) is 0 Å². The molecule has 4 N–H and O–H groups in total. The van der Waals surface area contributed by atoms with Crippen molar-refractivity contribution in [2.75, 3.05) is 17.6 Å². The van der Waals surface area contributed by atoms with E-state index < -0.39 is 18.8 Å². The summed E-state index contributed by atoms with van der Waals surface area (Å²) < 4.78 is 36.8. The number of rotatable bonds is 3. The molecule has 0 saturated carbocycles. The van der Waals surface area contributed by atoms with Crippen LogP contribution in [0.25, 0.3) is 0 Å². The number of alkyl halides is 3. The molecule has 0 fully saturated rings. The number of hydrogen-bond acceptors (Lipinski definition) is 3. The Hall–Kier alpha value is -0.950. The van der Waals surface area contributed by atoms with Crippen LogP contribution in [0.15, 0.2) is 16.6 Å². The number of hydrogen-bond donors (Lipinski definition) is 3. The minimum atomic E-state index is -4.62. The van der Waals surface area contributed by atoms with E-state index in [1.807, 2.05) is 0 Å². The number of aryl methyl sites for hydroxylation is 1. The number of halogens is 4. The number of nitrogen functional groups attached to an aromatic ring is 1. The zero-order valence-electron chi connectivity index (χ0n) is 8.98. The molecule has 0 radical (unpaired) electrons. The highest BCUT2D eigenvalue weighted by Gasteiger charge is 2.37. The van der Waals surface area contributed by atoms with Crippen LogP contribution in [-0.2, 0) is 0 Å². The standard InChI is InChI=1S/C10H12BrF3N2O/c1-5-2-8(6(11)3-7(5)15)16-4-9(17)10(12,13)14/h2-3,9,16-17H,4,15H2,1H3. The third kappa shape index (κ3) is 3.78. The molecule has 1 aromatic carbocycles. The maximum Gasteiger partial charge on any atom is 0.416 e. The fraction of sp³-hybridized carbons (Fsp3) is 0.400. The maximum atomic E-state index is 12.1. The second-order valence-corrected chi connectivity index (χ2v) is 4.48. The topological polar surface area (TPSA) is 58.3 Å². The number of nitrogens with one attached hydrogen (secondary N) is 1. The van der Waals surface area contributed by atoms with Crippen LogP contribution in [0.2, 0.25) is 0 Å². The second kappa shape index (κ2) is 5.14. The molecule has 0 bridgehead atoms. The molecule has 0 amide bonds. The lowest BCUT2D eigenvalue weighted by atomic mass is 10.2. The van der Waals surface area contributed by atoms with Gasteiger partial charge in [0.2, 0.25) is 0 Å². The second-order valence-electron chi connectivity index (χ2n) is 3.63. The Bertz CT molecular complexity index is 409. The molecule has 0 aliphatic heterocycles. The molecule has 0 aromatic heterocycles. The van der Waals surface area contributed by atoms with Gasteiger partial charge in [-0.1, -0.05) is 0 Å². The number of nitrogens with two attached hydrogens (primary N) is 1. The maximum absolute atomic E-state index is 12.1. The van der Waals surface area contributed by atoms with Crippen molar-refractivity contribution in [1.82, 2.24) is 0 Å². The summed E-state index contributed by atoms with van der Waals surface area (Å²) in [6.45, 7) is 1.14.